The molecule has 0 saturated heterocycles. The highest BCUT2D eigenvalue weighted by Crippen LogP contribution is 2.15. The zero-order valence-electron chi connectivity index (χ0n) is 18.0. The van der Waals surface area contributed by atoms with Crippen LogP contribution in [0.1, 0.15) is 40.9 Å². The highest BCUT2D eigenvalue weighted by atomic mass is 16.3. The number of hydrogen-bond donors (Lipinski definition) is 3. The lowest BCUT2D eigenvalue weighted by molar-refractivity contribution is 0.0937. The minimum absolute atomic E-state index is 0.0476. The highest BCUT2D eigenvalue weighted by Gasteiger charge is 2.19. The van der Waals surface area contributed by atoms with Gasteiger partial charge >= 0.3 is 0 Å². The number of rotatable bonds is 6. The summed E-state index contributed by atoms with van der Waals surface area (Å²) in [4.78, 5) is 31.0. The summed E-state index contributed by atoms with van der Waals surface area (Å²) in [5.41, 5.74) is 2.32. The van der Waals surface area contributed by atoms with Crippen LogP contribution >= 0.6 is 0 Å². The Balaban J connectivity index is 1.89. The van der Waals surface area contributed by atoms with Gasteiger partial charge in [-0.2, -0.15) is 0 Å². The lowest BCUT2D eigenvalue weighted by Gasteiger charge is -2.17. The Kier molecular flexibility index (Phi) is 5.87. The number of pyridine rings is 2. The zero-order valence-corrected chi connectivity index (χ0v) is 18.0. The van der Waals surface area contributed by atoms with Gasteiger partial charge in [-0.15, -0.1) is 0 Å². The van der Waals surface area contributed by atoms with Crippen molar-refractivity contribution in [2.24, 2.45) is 0 Å². The number of carbonyl (C=O) groups excluding carboxylic acids is 1. The fourth-order valence-corrected chi connectivity index (χ4v) is 3.82. The first-order valence-corrected chi connectivity index (χ1v) is 10.5. The summed E-state index contributed by atoms with van der Waals surface area (Å²) < 4.78 is 2.98. The molecule has 1 atom stereocenters. The van der Waals surface area contributed by atoms with Crippen LogP contribution in [0.2, 0.25) is 0 Å². The lowest BCUT2D eigenvalue weighted by Crippen LogP contribution is -2.36. The van der Waals surface area contributed by atoms with Gasteiger partial charge in [-0.25, -0.2) is 4.98 Å². The van der Waals surface area contributed by atoms with E-state index in [1.54, 1.807) is 12.3 Å². The third-order valence-electron chi connectivity index (χ3n) is 5.57. The Hall–Kier alpha value is -3.78. The predicted octanol–water partition coefficient (Wildman–Crippen LogP) is 2.31. The van der Waals surface area contributed by atoms with Crippen LogP contribution in [0.4, 0.5) is 0 Å². The Morgan fingerprint density at radius 2 is 1.94 bits per heavy atom. The summed E-state index contributed by atoms with van der Waals surface area (Å²) in [6.07, 6.45) is 2.01. The molecule has 0 aliphatic rings. The Morgan fingerprint density at radius 3 is 2.66 bits per heavy atom. The monoisotopic (exact) mass is 431 g/mol. The van der Waals surface area contributed by atoms with Crippen molar-refractivity contribution in [3.8, 4) is 0 Å². The molecule has 0 aliphatic heterocycles. The Labute approximate surface area is 184 Å². The molecule has 0 fully saturated rings. The van der Waals surface area contributed by atoms with Crippen molar-refractivity contribution in [3.63, 3.8) is 0 Å². The van der Waals surface area contributed by atoms with Gasteiger partial charge in [0.2, 0.25) is 0 Å². The zero-order chi connectivity index (χ0) is 22.8. The van der Waals surface area contributed by atoms with Crippen molar-refractivity contribution in [2.45, 2.75) is 32.9 Å². The number of hydrogen-bond acceptors (Lipinski definition) is 5. The summed E-state index contributed by atoms with van der Waals surface area (Å²) in [7, 11) is 0. The molecule has 0 saturated carbocycles. The topological polar surface area (TPSA) is 112 Å². The molecule has 3 N–H and O–H groups in total. The van der Waals surface area contributed by atoms with Crippen molar-refractivity contribution in [1.82, 2.24) is 19.3 Å². The van der Waals surface area contributed by atoms with E-state index in [0.29, 0.717) is 17.7 Å². The number of aliphatic hydroxyl groups is 1. The van der Waals surface area contributed by atoms with Crippen LogP contribution in [-0.2, 0) is 6.54 Å². The van der Waals surface area contributed by atoms with E-state index < -0.39 is 5.91 Å². The van der Waals surface area contributed by atoms with Gasteiger partial charge in [0.15, 0.2) is 0 Å². The molecule has 1 aromatic carbocycles. The lowest BCUT2D eigenvalue weighted by atomic mass is 10.1. The van der Waals surface area contributed by atoms with E-state index >= 15 is 0 Å². The minimum Gasteiger partial charge on any atom is -0.396 e. The SMILES string of the molecule is Cc1cccn2c(=O)c3cc(C(=O)N[C@H](C)c4ccccc4)c(=N)n(CCCO)c3nc12. The van der Waals surface area contributed by atoms with Gasteiger partial charge in [0.25, 0.3) is 11.5 Å². The van der Waals surface area contributed by atoms with E-state index in [9.17, 15) is 14.7 Å². The second-order valence-electron chi connectivity index (χ2n) is 7.78. The highest BCUT2D eigenvalue weighted by molar-refractivity contribution is 5.97. The first-order valence-electron chi connectivity index (χ1n) is 10.5. The number of amides is 1. The maximum absolute atomic E-state index is 13.3. The molecule has 3 aromatic heterocycles. The predicted molar refractivity (Wildman–Crippen MR) is 122 cm³/mol. The molecule has 8 nitrogen and oxygen atoms in total. The van der Waals surface area contributed by atoms with Gasteiger partial charge < -0.3 is 15.0 Å². The number of nitrogens with one attached hydrogen (secondary N) is 2. The van der Waals surface area contributed by atoms with E-state index in [1.807, 2.05) is 50.2 Å². The number of carbonyl (C=O) groups is 1. The van der Waals surface area contributed by atoms with Crippen LogP contribution in [0.3, 0.4) is 0 Å². The average Bonchev–Trinajstić information content (AvgIpc) is 2.79. The van der Waals surface area contributed by atoms with Crippen molar-refractivity contribution in [2.75, 3.05) is 6.61 Å². The van der Waals surface area contributed by atoms with E-state index in [0.717, 1.165) is 11.1 Å². The van der Waals surface area contributed by atoms with E-state index in [1.165, 1.54) is 15.0 Å². The minimum atomic E-state index is -0.445. The van der Waals surface area contributed by atoms with E-state index in [2.05, 4.69) is 10.3 Å². The molecular weight excluding hydrogens is 406 g/mol. The van der Waals surface area contributed by atoms with Gasteiger partial charge in [0.05, 0.1) is 17.0 Å². The summed E-state index contributed by atoms with van der Waals surface area (Å²) >= 11 is 0. The molecular formula is C24H25N5O3. The van der Waals surface area contributed by atoms with Crippen LogP contribution in [0.25, 0.3) is 16.7 Å². The van der Waals surface area contributed by atoms with Gasteiger partial charge in [-0.05, 0) is 43.5 Å². The van der Waals surface area contributed by atoms with Gasteiger partial charge in [-0.3, -0.25) is 19.4 Å². The van der Waals surface area contributed by atoms with Crippen molar-refractivity contribution in [3.05, 3.63) is 87.3 Å². The first-order chi connectivity index (χ1) is 15.4. The molecule has 32 heavy (non-hydrogen) atoms. The molecule has 4 rings (SSSR count). The van der Waals surface area contributed by atoms with E-state index in [-0.39, 0.29) is 41.2 Å². The van der Waals surface area contributed by atoms with Crippen LogP contribution in [0.5, 0.6) is 0 Å². The van der Waals surface area contributed by atoms with Crippen LogP contribution in [-0.4, -0.2) is 31.6 Å². The molecule has 0 radical (unpaired) electrons. The van der Waals surface area contributed by atoms with Crippen molar-refractivity contribution < 1.29 is 9.90 Å². The second kappa shape index (κ2) is 8.76. The molecule has 0 unspecified atom stereocenters. The molecule has 0 bridgehead atoms. The molecule has 1 amide bonds. The molecule has 0 spiro atoms. The fraction of sp³-hybridized carbons (Fsp3) is 0.250. The number of aliphatic hydroxyl groups excluding tert-OH is 1. The average molecular weight is 431 g/mol. The second-order valence-corrected chi connectivity index (χ2v) is 7.78. The molecule has 3 heterocycles. The quantitative estimate of drug-likeness (QED) is 0.407. The number of benzene rings is 1. The normalized spacial score (nSPS) is 12.2. The largest absolute Gasteiger partial charge is 0.396 e. The molecule has 0 aliphatic carbocycles. The van der Waals surface area contributed by atoms with Gasteiger partial charge in [-0.1, -0.05) is 36.4 Å². The molecule has 8 heteroatoms. The number of nitrogens with zero attached hydrogens (tertiary/aromatic N) is 3. The number of aryl methyl sites for hydroxylation is 2. The summed E-state index contributed by atoms with van der Waals surface area (Å²) in [6, 6.07) is 14.3. The Bertz CT molecular complexity index is 1420. The van der Waals surface area contributed by atoms with E-state index in [4.69, 9.17) is 5.41 Å². The van der Waals surface area contributed by atoms with Gasteiger partial charge in [0.1, 0.15) is 16.8 Å². The van der Waals surface area contributed by atoms with Crippen LogP contribution in [0.15, 0.2) is 59.5 Å². The molecule has 4 aromatic rings. The summed E-state index contributed by atoms with van der Waals surface area (Å²) in [5.74, 6) is -0.445. The van der Waals surface area contributed by atoms with Crippen molar-refractivity contribution >= 4 is 22.6 Å². The fourth-order valence-electron chi connectivity index (χ4n) is 3.82. The number of fused-ring (bicyclic) bond motifs is 2. The maximum atomic E-state index is 13.3. The third-order valence-corrected chi connectivity index (χ3v) is 5.57. The number of aromatic nitrogens is 3. The first kappa shape index (κ1) is 21.5. The van der Waals surface area contributed by atoms with Crippen molar-refractivity contribution in [1.29, 1.82) is 5.41 Å². The standard InChI is InChI=1S/C24H25N5O3/c1-15-8-6-11-29-21(15)27-22-19(24(29)32)14-18(20(25)28(22)12-7-13-30)23(31)26-16(2)17-9-4-3-5-10-17/h3-6,8-11,14,16,25,30H,7,12-13H2,1-2H3,(H,26,31)/t16-/m1/s1. The maximum Gasteiger partial charge on any atom is 0.267 e. The Morgan fingerprint density at radius 1 is 1.19 bits per heavy atom. The van der Waals surface area contributed by atoms with Crippen LogP contribution < -0.4 is 16.4 Å². The smallest absolute Gasteiger partial charge is 0.267 e. The third kappa shape index (κ3) is 3.80. The summed E-state index contributed by atoms with van der Waals surface area (Å²) in [5, 5.41) is 21.2. The van der Waals surface area contributed by atoms with Gasteiger partial charge in [0, 0.05) is 19.3 Å². The summed E-state index contributed by atoms with van der Waals surface area (Å²) in [6.45, 7) is 3.90. The molecule has 164 valence electrons. The van der Waals surface area contributed by atoms with Crippen LogP contribution in [0, 0.1) is 12.3 Å².